The third-order valence-corrected chi connectivity index (χ3v) is 3.93. The number of amides is 1. The van der Waals surface area contributed by atoms with Crippen molar-refractivity contribution in [3.05, 3.63) is 18.2 Å². The molecule has 0 bridgehead atoms. The lowest BCUT2D eigenvalue weighted by atomic mass is 10.3. The minimum absolute atomic E-state index is 0.0638. The van der Waals surface area contributed by atoms with E-state index in [1.54, 1.807) is 6.07 Å². The van der Waals surface area contributed by atoms with E-state index in [0.717, 1.165) is 0 Å². The Hall–Kier alpha value is -1.60. The molecule has 0 saturated carbocycles. The van der Waals surface area contributed by atoms with Crippen LogP contribution in [0.5, 0.6) is 5.75 Å². The van der Waals surface area contributed by atoms with Gasteiger partial charge in [-0.05, 0) is 12.1 Å². The molecule has 1 aromatic rings. The summed E-state index contributed by atoms with van der Waals surface area (Å²) in [6.45, 7) is 0.786. The van der Waals surface area contributed by atoms with Crippen LogP contribution in [0.1, 0.15) is 6.92 Å². The fourth-order valence-electron chi connectivity index (χ4n) is 1.47. The zero-order chi connectivity index (χ0) is 13.8. The Bertz CT molecular complexity index is 538. The van der Waals surface area contributed by atoms with Crippen LogP contribution < -0.4 is 10.1 Å². The summed E-state index contributed by atoms with van der Waals surface area (Å²) in [6.07, 6.45) is 0. The van der Waals surface area contributed by atoms with E-state index in [2.05, 4.69) is 5.32 Å². The van der Waals surface area contributed by atoms with Gasteiger partial charge in [-0.2, -0.15) is 0 Å². The summed E-state index contributed by atoms with van der Waals surface area (Å²) in [7, 11) is -2.29. The van der Waals surface area contributed by atoms with Crippen molar-refractivity contribution < 1.29 is 23.1 Å². The maximum Gasteiger partial charge on any atom is 0.221 e. The number of hydrogen-bond acceptors (Lipinski definition) is 5. The number of aliphatic hydroxyl groups is 1. The average molecular weight is 273 g/mol. The summed E-state index contributed by atoms with van der Waals surface area (Å²) in [5.41, 5.74) is 0.0981. The first-order valence-corrected chi connectivity index (χ1v) is 6.86. The fourth-order valence-corrected chi connectivity index (χ4v) is 2.68. The van der Waals surface area contributed by atoms with Crippen molar-refractivity contribution in [3.63, 3.8) is 0 Å². The topological polar surface area (TPSA) is 92.7 Å². The highest BCUT2D eigenvalue weighted by Gasteiger charge is 2.21. The van der Waals surface area contributed by atoms with E-state index in [9.17, 15) is 13.2 Å². The second kappa shape index (κ2) is 5.83. The van der Waals surface area contributed by atoms with Crippen LogP contribution >= 0.6 is 0 Å². The largest absolute Gasteiger partial charge is 0.495 e. The maximum absolute atomic E-state index is 11.9. The molecule has 2 N–H and O–H groups in total. The average Bonchev–Trinajstić information content (AvgIpc) is 2.28. The molecule has 0 aliphatic carbocycles. The molecule has 0 saturated heterocycles. The number of aliphatic hydroxyl groups excluding tert-OH is 1. The number of ether oxygens (including phenoxy) is 1. The van der Waals surface area contributed by atoms with Crippen molar-refractivity contribution in [1.82, 2.24) is 0 Å². The van der Waals surface area contributed by atoms with Gasteiger partial charge in [0.15, 0.2) is 9.84 Å². The highest BCUT2D eigenvalue weighted by atomic mass is 32.2. The Balaban J connectivity index is 3.39. The second-order valence-electron chi connectivity index (χ2n) is 3.56. The van der Waals surface area contributed by atoms with Crippen LogP contribution in [-0.4, -0.2) is 38.9 Å². The van der Waals surface area contributed by atoms with Gasteiger partial charge < -0.3 is 15.2 Å². The number of methoxy groups -OCH3 is 1. The van der Waals surface area contributed by atoms with Gasteiger partial charge in [-0.15, -0.1) is 0 Å². The first-order chi connectivity index (χ1) is 8.42. The third kappa shape index (κ3) is 3.21. The molecule has 1 aromatic carbocycles. The van der Waals surface area contributed by atoms with Crippen molar-refractivity contribution in [3.8, 4) is 5.75 Å². The van der Waals surface area contributed by atoms with Gasteiger partial charge in [-0.25, -0.2) is 8.42 Å². The van der Waals surface area contributed by atoms with Crippen LogP contribution in [0.25, 0.3) is 0 Å². The molecule has 0 aromatic heterocycles. The summed E-state index contributed by atoms with van der Waals surface area (Å²) in [4.78, 5) is 11.0. The summed E-state index contributed by atoms with van der Waals surface area (Å²) in [6, 6.07) is 4.41. The van der Waals surface area contributed by atoms with E-state index in [1.807, 2.05) is 0 Å². The second-order valence-corrected chi connectivity index (χ2v) is 5.63. The van der Waals surface area contributed by atoms with Crippen molar-refractivity contribution in [2.24, 2.45) is 0 Å². The van der Waals surface area contributed by atoms with E-state index >= 15 is 0 Å². The molecule has 0 atom stereocenters. The predicted octanol–water partition coefficient (Wildman–Crippen LogP) is 0.420. The van der Waals surface area contributed by atoms with E-state index in [0.29, 0.717) is 0 Å². The lowest BCUT2D eigenvalue weighted by molar-refractivity contribution is -0.114. The molecule has 7 heteroatoms. The fraction of sp³-hybridized carbons (Fsp3) is 0.364. The highest BCUT2D eigenvalue weighted by molar-refractivity contribution is 7.91. The number of hydrogen-bond donors (Lipinski definition) is 2. The van der Waals surface area contributed by atoms with Crippen LogP contribution in [0.3, 0.4) is 0 Å². The third-order valence-electron chi connectivity index (χ3n) is 2.20. The maximum atomic E-state index is 11.9. The lowest BCUT2D eigenvalue weighted by Gasteiger charge is -2.13. The van der Waals surface area contributed by atoms with Gasteiger partial charge >= 0.3 is 0 Å². The molecule has 0 aliphatic heterocycles. The van der Waals surface area contributed by atoms with Crippen molar-refractivity contribution in [2.75, 3.05) is 24.8 Å². The molecule has 1 amide bonds. The predicted molar refractivity (Wildman–Crippen MR) is 66.4 cm³/mol. The van der Waals surface area contributed by atoms with Gasteiger partial charge in [0.1, 0.15) is 11.4 Å². The number of nitrogens with one attached hydrogen (secondary N) is 1. The quantitative estimate of drug-likeness (QED) is 0.811. The van der Waals surface area contributed by atoms with Crippen molar-refractivity contribution in [1.29, 1.82) is 0 Å². The molecule has 0 unspecified atom stereocenters. The molecular formula is C11H15NO5S. The molecule has 18 heavy (non-hydrogen) atoms. The minimum Gasteiger partial charge on any atom is -0.495 e. The summed E-state index contributed by atoms with van der Waals surface area (Å²) < 4.78 is 28.9. The molecule has 0 fully saturated rings. The normalized spacial score (nSPS) is 11.1. The first-order valence-electron chi connectivity index (χ1n) is 5.20. The molecule has 0 spiro atoms. The first kappa shape index (κ1) is 14.5. The minimum atomic E-state index is -3.66. The van der Waals surface area contributed by atoms with E-state index < -0.39 is 28.1 Å². The van der Waals surface area contributed by atoms with Crippen LogP contribution in [0.4, 0.5) is 5.69 Å². The Kier molecular flexibility index (Phi) is 4.69. The molecule has 1 rings (SSSR count). The lowest BCUT2D eigenvalue weighted by Crippen LogP contribution is -2.15. The Morgan fingerprint density at radius 3 is 2.61 bits per heavy atom. The van der Waals surface area contributed by atoms with Gasteiger partial charge in [0.05, 0.1) is 24.4 Å². The van der Waals surface area contributed by atoms with E-state index in [-0.39, 0.29) is 16.3 Å². The summed E-state index contributed by atoms with van der Waals surface area (Å²) >= 11 is 0. The van der Waals surface area contributed by atoms with Gasteiger partial charge in [-0.1, -0.05) is 6.07 Å². The van der Waals surface area contributed by atoms with Crippen LogP contribution in [-0.2, 0) is 14.6 Å². The van der Waals surface area contributed by atoms with Gasteiger partial charge in [0, 0.05) is 6.92 Å². The van der Waals surface area contributed by atoms with E-state index in [1.165, 1.54) is 26.2 Å². The monoisotopic (exact) mass is 273 g/mol. The zero-order valence-corrected chi connectivity index (χ0v) is 11.0. The van der Waals surface area contributed by atoms with Gasteiger partial charge in [0.2, 0.25) is 5.91 Å². The molecule has 0 radical (unpaired) electrons. The smallest absolute Gasteiger partial charge is 0.221 e. The number of carbonyl (C=O) groups excluding carboxylic acids is 1. The van der Waals surface area contributed by atoms with Crippen LogP contribution in [0.15, 0.2) is 23.1 Å². The standard InChI is InChI=1S/C11H15NO5S/c1-8(14)12-11-9(17-2)4-3-5-10(11)18(15,16)7-6-13/h3-5,13H,6-7H2,1-2H3,(H,12,14). The number of anilines is 1. The van der Waals surface area contributed by atoms with Crippen LogP contribution in [0.2, 0.25) is 0 Å². The van der Waals surface area contributed by atoms with E-state index in [4.69, 9.17) is 9.84 Å². The molecule has 6 nitrogen and oxygen atoms in total. The Morgan fingerprint density at radius 1 is 1.44 bits per heavy atom. The number of carbonyl (C=O) groups is 1. The highest BCUT2D eigenvalue weighted by Crippen LogP contribution is 2.32. The van der Waals surface area contributed by atoms with Crippen LogP contribution in [0, 0.1) is 0 Å². The molecule has 0 aliphatic rings. The number of sulfone groups is 1. The zero-order valence-electron chi connectivity index (χ0n) is 10.1. The van der Waals surface area contributed by atoms with Gasteiger partial charge in [-0.3, -0.25) is 4.79 Å². The Morgan fingerprint density at radius 2 is 2.11 bits per heavy atom. The van der Waals surface area contributed by atoms with Crippen molar-refractivity contribution in [2.45, 2.75) is 11.8 Å². The number of rotatable bonds is 5. The molecule has 100 valence electrons. The summed E-state index contributed by atoms with van der Waals surface area (Å²) in [5.74, 6) is -0.559. The SMILES string of the molecule is COc1cccc(S(=O)(=O)CCO)c1NC(C)=O. The van der Waals surface area contributed by atoms with Crippen molar-refractivity contribution >= 4 is 21.4 Å². The Labute approximate surface area is 106 Å². The number of para-hydroxylation sites is 1. The summed E-state index contributed by atoms with van der Waals surface area (Å²) in [5, 5.41) is 11.2. The van der Waals surface area contributed by atoms with Gasteiger partial charge in [0.25, 0.3) is 0 Å². The molecule has 0 heterocycles. The molecular weight excluding hydrogens is 258 g/mol. The number of benzene rings is 1.